The van der Waals surface area contributed by atoms with Gasteiger partial charge in [-0.3, -0.25) is 9.59 Å². The summed E-state index contributed by atoms with van der Waals surface area (Å²) in [5.74, 6) is 2.94. The molecular weight excluding hydrogens is 617 g/mol. The second kappa shape index (κ2) is 20.4. The number of carbonyl (C=O) groups excluding carboxylic acids is 2. The Morgan fingerprint density at radius 1 is 0.760 bits per heavy atom. The van der Waals surface area contributed by atoms with Crippen LogP contribution in [-0.4, -0.2) is 44.6 Å². The van der Waals surface area contributed by atoms with Gasteiger partial charge in [0.2, 0.25) is 0 Å². The second-order valence-corrected chi connectivity index (χ2v) is 20.2. The molecule has 7 atom stereocenters. The summed E-state index contributed by atoms with van der Waals surface area (Å²) in [6.07, 6.45) is 9.80. The van der Waals surface area contributed by atoms with Crippen molar-refractivity contribution in [2.75, 3.05) is 7.05 Å². The molecule has 50 heavy (non-hydrogen) atoms. The Kier molecular flexibility index (Phi) is 20.0. The second-order valence-electron chi connectivity index (χ2n) is 20.2. The minimum absolute atomic E-state index is 0.0390. The standard InChI is InChI=1S/C21H39BO2.C21H41NO2.C2H6/c1-14(2)16-10-9-11-17(15(3)4)18(16)24-19(23)21(8,13-22)12-20(5,6)7;1-10-13-21(8,22-9)18(23)24-17-12-11-15(19(2,3)4)14-16(17)20(5,6)7;1-2/h14-18H,9-13H2,1-8H3;15-17,22H,10-14H2,1-9H3;1-2H3. The number of ether oxygens (including phenoxy) is 2. The molecular formula is C44H86BNO4. The van der Waals surface area contributed by atoms with Crippen LogP contribution in [0.3, 0.4) is 0 Å². The molecule has 0 bridgehead atoms. The molecule has 6 heteroatoms. The quantitative estimate of drug-likeness (QED) is 0.171. The van der Waals surface area contributed by atoms with E-state index in [4.69, 9.17) is 17.3 Å². The highest BCUT2D eigenvalue weighted by Gasteiger charge is 2.45. The molecule has 2 aliphatic carbocycles. The smallest absolute Gasteiger partial charge is 0.326 e. The Bertz CT molecular complexity index is 973. The topological polar surface area (TPSA) is 64.6 Å². The normalized spacial score (nSPS) is 27.1. The van der Waals surface area contributed by atoms with Gasteiger partial charge in [-0.25, -0.2) is 0 Å². The van der Waals surface area contributed by atoms with E-state index in [0.29, 0.717) is 47.2 Å². The van der Waals surface area contributed by atoms with Crippen molar-refractivity contribution in [2.45, 2.75) is 206 Å². The molecule has 2 saturated carbocycles. The number of likely N-dealkylation sites (N-methyl/N-ethyl adjacent to an activating group) is 1. The summed E-state index contributed by atoms with van der Waals surface area (Å²) < 4.78 is 12.3. The van der Waals surface area contributed by atoms with Crippen molar-refractivity contribution in [1.29, 1.82) is 0 Å². The zero-order valence-corrected chi connectivity index (χ0v) is 36.9. The van der Waals surface area contributed by atoms with Gasteiger partial charge >= 0.3 is 11.9 Å². The van der Waals surface area contributed by atoms with Crippen LogP contribution in [0.2, 0.25) is 6.32 Å². The molecule has 2 radical (unpaired) electrons. The van der Waals surface area contributed by atoms with Crippen LogP contribution in [0.4, 0.5) is 0 Å². The third-order valence-electron chi connectivity index (χ3n) is 11.9. The van der Waals surface area contributed by atoms with Crippen LogP contribution < -0.4 is 5.32 Å². The van der Waals surface area contributed by atoms with E-state index < -0.39 is 11.0 Å². The largest absolute Gasteiger partial charge is 0.461 e. The van der Waals surface area contributed by atoms with E-state index in [1.165, 1.54) is 6.42 Å². The molecule has 0 spiro atoms. The Morgan fingerprint density at radius 3 is 1.62 bits per heavy atom. The molecule has 0 saturated heterocycles. The maximum absolute atomic E-state index is 13.1. The van der Waals surface area contributed by atoms with Crippen molar-refractivity contribution in [3.63, 3.8) is 0 Å². The Hall–Kier alpha value is -1.04. The minimum Gasteiger partial charge on any atom is -0.461 e. The summed E-state index contributed by atoms with van der Waals surface area (Å²) >= 11 is 0. The maximum Gasteiger partial charge on any atom is 0.326 e. The van der Waals surface area contributed by atoms with Crippen LogP contribution in [-0.2, 0) is 19.1 Å². The van der Waals surface area contributed by atoms with E-state index in [2.05, 4.69) is 102 Å². The van der Waals surface area contributed by atoms with Gasteiger partial charge in [0.1, 0.15) is 17.7 Å². The van der Waals surface area contributed by atoms with Crippen molar-refractivity contribution >= 4 is 19.8 Å². The van der Waals surface area contributed by atoms with E-state index in [1.807, 2.05) is 34.7 Å². The lowest BCUT2D eigenvalue weighted by atomic mass is 9.62. The average molecular weight is 704 g/mol. The predicted molar refractivity (Wildman–Crippen MR) is 216 cm³/mol. The van der Waals surface area contributed by atoms with Crippen LogP contribution in [0.15, 0.2) is 0 Å². The number of rotatable bonds is 11. The van der Waals surface area contributed by atoms with Crippen LogP contribution in [0.5, 0.6) is 0 Å². The Balaban J connectivity index is 0.000000915. The fraction of sp³-hybridized carbons (Fsp3) is 0.955. The van der Waals surface area contributed by atoms with Gasteiger partial charge in [0, 0.05) is 5.92 Å². The monoisotopic (exact) mass is 704 g/mol. The molecule has 2 aliphatic rings. The van der Waals surface area contributed by atoms with Gasteiger partial charge in [-0.05, 0) is 112 Å². The molecule has 0 aliphatic heterocycles. The highest BCUT2D eigenvalue weighted by Crippen LogP contribution is 2.48. The summed E-state index contributed by atoms with van der Waals surface area (Å²) in [5.41, 5.74) is -0.652. The van der Waals surface area contributed by atoms with E-state index in [1.54, 1.807) is 0 Å². The first-order valence-corrected chi connectivity index (χ1v) is 20.6. The highest BCUT2D eigenvalue weighted by atomic mass is 16.6. The molecule has 2 fully saturated rings. The molecule has 5 nitrogen and oxygen atoms in total. The van der Waals surface area contributed by atoms with Crippen molar-refractivity contribution in [1.82, 2.24) is 5.32 Å². The fourth-order valence-corrected chi connectivity index (χ4v) is 8.58. The van der Waals surface area contributed by atoms with Gasteiger partial charge < -0.3 is 14.8 Å². The Labute approximate surface area is 314 Å². The minimum atomic E-state index is -0.598. The SMILES string of the molecule is CC.CCCC(C)(NC)C(=O)OC1CCC(C(C)(C)C)CC1C(C)(C)C.[B]CC(C)(CC(C)(C)C)C(=O)OC1C(C(C)C)CCCC1C(C)C. The zero-order chi connectivity index (χ0) is 39.5. The number of carbonyl (C=O) groups is 2. The molecule has 0 heterocycles. The zero-order valence-electron chi connectivity index (χ0n) is 36.9. The fourth-order valence-electron chi connectivity index (χ4n) is 8.58. The molecule has 294 valence electrons. The first-order chi connectivity index (χ1) is 22.8. The van der Waals surface area contributed by atoms with Crippen molar-refractivity contribution in [3.8, 4) is 0 Å². The van der Waals surface area contributed by atoms with Crippen LogP contribution in [0, 0.1) is 57.2 Å². The van der Waals surface area contributed by atoms with Crippen molar-refractivity contribution in [3.05, 3.63) is 0 Å². The maximum atomic E-state index is 13.1. The number of nitrogens with one attached hydrogen (secondary N) is 1. The van der Waals surface area contributed by atoms with E-state index in [9.17, 15) is 9.59 Å². The van der Waals surface area contributed by atoms with Crippen LogP contribution in [0.25, 0.3) is 0 Å². The highest BCUT2D eigenvalue weighted by molar-refractivity contribution is 6.10. The summed E-state index contributed by atoms with van der Waals surface area (Å²) in [7, 11) is 7.86. The van der Waals surface area contributed by atoms with Gasteiger partial charge in [-0.15, -0.1) is 0 Å². The third-order valence-corrected chi connectivity index (χ3v) is 11.9. The summed E-state index contributed by atoms with van der Waals surface area (Å²) in [4.78, 5) is 25.9. The lowest BCUT2D eigenvalue weighted by Crippen LogP contribution is -2.52. The molecule has 2 rings (SSSR count). The Morgan fingerprint density at radius 2 is 1.26 bits per heavy atom. The molecule has 7 unspecified atom stereocenters. The summed E-state index contributed by atoms with van der Waals surface area (Å²) in [6, 6.07) is 0. The van der Waals surface area contributed by atoms with Gasteiger partial charge in [0.05, 0.1) is 13.3 Å². The van der Waals surface area contributed by atoms with E-state index in [0.717, 1.165) is 51.4 Å². The van der Waals surface area contributed by atoms with Crippen LogP contribution in [0.1, 0.15) is 182 Å². The lowest BCUT2D eigenvalue weighted by molar-refractivity contribution is -0.173. The molecule has 0 aromatic heterocycles. The summed E-state index contributed by atoms with van der Waals surface area (Å²) in [6.45, 7) is 39.4. The van der Waals surface area contributed by atoms with Crippen molar-refractivity contribution < 1.29 is 19.1 Å². The third kappa shape index (κ3) is 14.8. The number of hydrogen-bond acceptors (Lipinski definition) is 5. The summed E-state index contributed by atoms with van der Waals surface area (Å²) in [5, 5.41) is 3.18. The number of hydrogen-bond donors (Lipinski definition) is 1. The van der Waals surface area contributed by atoms with Gasteiger partial charge in [0.15, 0.2) is 0 Å². The first-order valence-electron chi connectivity index (χ1n) is 20.6. The predicted octanol–water partition coefficient (Wildman–Crippen LogP) is 11.9. The van der Waals surface area contributed by atoms with Crippen molar-refractivity contribution in [2.24, 2.45) is 57.2 Å². The average Bonchev–Trinajstić information content (AvgIpc) is 3.00. The van der Waals surface area contributed by atoms with E-state index in [-0.39, 0.29) is 35.0 Å². The van der Waals surface area contributed by atoms with Crippen LogP contribution >= 0.6 is 0 Å². The molecule has 0 aromatic carbocycles. The van der Waals surface area contributed by atoms with Gasteiger partial charge in [0.25, 0.3) is 0 Å². The van der Waals surface area contributed by atoms with Gasteiger partial charge in [-0.1, -0.05) is 130 Å². The number of esters is 2. The molecule has 1 N–H and O–H groups in total. The van der Waals surface area contributed by atoms with E-state index >= 15 is 0 Å². The van der Waals surface area contributed by atoms with Gasteiger partial charge in [-0.2, -0.15) is 0 Å². The lowest BCUT2D eigenvalue weighted by Gasteiger charge is -2.47. The molecule has 0 aromatic rings. The first kappa shape index (κ1) is 49.0. The molecule has 0 amide bonds.